The van der Waals surface area contributed by atoms with Gasteiger partial charge >= 0.3 is 0 Å². The third-order valence-electron chi connectivity index (χ3n) is 6.89. The van der Waals surface area contributed by atoms with Crippen molar-refractivity contribution in [3.8, 4) is 11.5 Å². The number of ether oxygens (including phenoxy) is 2. The minimum atomic E-state index is 0.255. The molecule has 0 atom stereocenters. The quantitative estimate of drug-likeness (QED) is 0.482. The van der Waals surface area contributed by atoms with Crippen LogP contribution in [0.4, 0.5) is 5.82 Å². The van der Waals surface area contributed by atoms with E-state index in [2.05, 4.69) is 50.0 Å². The number of hydrogen-bond acceptors (Lipinski definition) is 5. The molecule has 1 N–H and O–H groups in total. The molecular weight excluding hydrogens is 398 g/mol. The summed E-state index contributed by atoms with van der Waals surface area (Å²) in [6.45, 7) is 14.5. The van der Waals surface area contributed by atoms with Crippen molar-refractivity contribution in [2.24, 2.45) is 11.3 Å². The first-order chi connectivity index (χ1) is 15.4. The summed E-state index contributed by atoms with van der Waals surface area (Å²) in [4.78, 5) is 7.61. The van der Waals surface area contributed by atoms with Gasteiger partial charge in [-0.05, 0) is 80.1 Å². The van der Waals surface area contributed by atoms with Crippen molar-refractivity contribution in [3.63, 3.8) is 0 Å². The summed E-state index contributed by atoms with van der Waals surface area (Å²) in [7, 11) is 1.73. The van der Waals surface area contributed by atoms with Crippen molar-refractivity contribution in [3.05, 3.63) is 23.3 Å². The molecule has 1 aromatic carbocycles. The maximum atomic E-state index is 6.20. The Morgan fingerprint density at radius 2 is 1.84 bits per heavy atom. The van der Waals surface area contributed by atoms with Gasteiger partial charge in [-0.15, -0.1) is 0 Å². The fourth-order valence-electron chi connectivity index (χ4n) is 5.16. The summed E-state index contributed by atoms with van der Waals surface area (Å²) >= 11 is 0. The molecule has 2 aromatic rings. The SMILES string of the molecule is COc1cc2c3c(c(NCCC(C)C)nc2cc1OCCCN1CCCC1)CC(C)(C)C3. The van der Waals surface area contributed by atoms with E-state index in [0.717, 1.165) is 61.6 Å². The van der Waals surface area contributed by atoms with Crippen molar-refractivity contribution in [1.29, 1.82) is 0 Å². The lowest BCUT2D eigenvalue weighted by Crippen LogP contribution is -2.21. The van der Waals surface area contributed by atoms with Gasteiger partial charge in [-0.25, -0.2) is 4.98 Å². The maximum Gasteiger partial charge on any atom is 0.163 e. The second kappa shape index (κ2) is 9.86. The number of nitrogens with zero attached hydrogens (tertiary/aromatic N) is 2. The average Bonchev–Trinajstić information content (AvgIpc) is 3.37. The fraction of sp³-hybridized carbons (Fsp3) is 0.667. The van der Waals surface area contributed by atoms with E-state index in [4.69, 9.17) is 14.5 Å². The van der Waals surface area contributed by atoms with Gasteiger partial charge < -0.3 is 19.7 Å². The van der Waals surface area contributed by atoms with Crippen molar-refractivity contribution in [1.82, 2.24) is 9.88 Å². The highest BCUT2D eigenvalue weighted by Crippen LogP contribution is 2.44. The highest BCUT2D eigenvalue weighted by atomic mass is 16.5. The van der Waals surface area contributed by atoms with Crippen molar-refractivity contribution >= 4 is 16.7 Å². The normalized spacial score (nSPS) is 17.8. The maximum absolute atomic E-state index is 6.20. The third-order valence-corrected chi connectivity index (χ3v) is 6.89. The Morgan fingerprint density at radius 3 is 2.56 bits per heavy atom. The van der Waals surface area contributed by atoms with Gasteiger partial charge in [0.2, 0.25) is 0 Å². The summed E-state index contributed by atoms with van der Waals surface area (Å²) in [6, 6.07) is 4.24. The molecule has 1 saturated heterocycles. The van der Waals surface area contributed by atoms with Crippen LogP contribution in [0, 0.1) is 11.3 Å². The first kappa shape index (κ1) is 23.2. The number of benzene rings is 1. The predicted octanol–water partition coefficient (Wildman–Crippen LogP) is 5.69. The van der Waals surface area contributed by atoms with Crippen LogP contribution in [0.15, 0.2) is 12.1 Å². The molecule has 1 fully saturated rings. The van der Waals surface area contributed by atoms with Crippen LogP contribution in [0.2, 0.25) is 0 Å². The van der Waals surface area contributed by atoms with E-state index >= 15 is 0 Å². The molecule has 0 radical (unpaired) electrons. The summed E-state index contributed by atoms with van der Waals surface area (Å²) < 4.78 is 11.9. The van der Waals surface area contributed by atoms with Crippen molar-refractivity contribution in [2.45, 2.75) is 66.2 Å². The molecule has 176 valence electrons. The largest absolute Gasteiger partial charge is 0.493 e. The number of aromatic nitrogens is 1. The van der Waals surface area contributed by atoms with Crippen LogP contribution < -0.4 is 14.8 Å². The van der Waals surface area contributed by atoms with Crippen LogP contribution in [-0.2, 0) is 12.8 Å². The first-order valence-electron chi connectivity index (χ1n) is 12.5. The van der Waals surface area contributed by atoms with Crippen LogP contribution in [0.25, 0.3) is 10.9 Å². The molecule has 32 heavy (non-hydrogen) atoms. The first-order valence-corrected chi connectivity index (χ1v) is 12.5. The number of pyridine rings is 1. The smallest absolute Gasteiger partial charge is 0.163 e. The standard InChI is InChI=1S/C27H41N3O2/c1-19(2)9-10-28-26-22-18-27(3,4)17-21(22)20-15-24(31-5)25(16-23(20)29-26)32-14-8-13-30-11-6-7-12-30/h15-16,19H,6-14,17-18H2,1-5H3,(H,28,29). The second-order valence-corrected chi connectivity index (χ2v) is 10.8. The lowest BCUT2D eigenvalue weighted by atomic mass is 9.90. The zero-order chi connectivity index (χ0) is 22.7. The van der Waals surface area contributed by atoms with Gasteiger partial charge in [0.05, 0.1) is 19.2 Å². The molecule has 0 saturated carbocycles. The van der Waals surface area contributed by atoms with Crippen LogP contribution in [0.1, 0.15) is 64.5 Å². The van der Waals surface area contributed by atoms with Gasteiger partial charge in [-0.1, -0.05) is 27.7 Å². The number of anilines is 1. The van der Waals surface area contributed by atoms with Crippen molar-refractivity contribution in [2.75, 3.05) is 45.2 Å². The Hall–Kier alpha value is -2.01. The fourth-order valence-corrected chi connectivity index (χ4v) is 5.16. The van der Waals surface area contributed by atoms with Crippen LogP contribution in [-0.4, -0.2) is 49.8 Å². The Bertz CT molecular complexity index is 932. The Morgan fingerprint density at radius 1 is 1.09 bits per heavy atom. The number of rotatable bonds is 10. The van der Waals surface area contributed by atoms with E-state index < -0.39 is 0 Å². The Labute approximate surface area is 193 Å². The lowest BCUT2D eigenvalue weighted by Gasteiger charge is -2.17. The monoisotopic (exact) mass is 439 g/mol. The molecule has 1 aromatic heterocycles. The number of methoxy groups -OCH3 is 1. The molecule has 5 nitrogen and oxygen atoms in total. The Kier molecular flexibility index (Phi) is 7.14. The van der Waals surface area contributed by atoms with Gasteiger partial charge in [-0.3, -0.25) is 0 Å². The summed E-state index contributed by atoms with van der Waals surface area (Å²) in [5.74, 6) is 3.35. The van der Waals surface area contributed by atoms with Crippen LogP contribution in [0.3, 0.4) is 0 Å². The topological polar surface area (TPSA) is 46.6 Å². The van der Waals surface area contributed by atoms with Gasteiger partial charge in [-0.2, -0.15) is 0 Å². The highest BCUT2D eigenvalue weighted by molar-refractivity contribution is 5.89. The lowest BCUT2D eigenvalue weighted by molar-refractivity contribution is 0.254. The zero-order valence-corrected chi connectivity index (χ0v) is 20.7. The molecular formula is C27H41N3O2. The van der Waals surface area contributed by atoms with Gasteiger partial charge in [0.25, 0.3) is 0 Å². The molecule has 1 aliphatic heterocycles. The van der Waals surface area contributed by atoms with Gasteiger partial charge in [0.15, 0.2) is 11.5 Å². The van der Waals surface area contributed by atoms with E-state index in [1.807, 2.05) is 0 Å². The molecule has 2 heterocycles. The third kappa shape index (κ3) is 5.31. The molecule has 0 amide bonds. The number of nitrogens with one attached hydrogen (secondary N) is 1. The van der Waals surface area contributed by atoms with E-state index in [1.165, 1.54) is 42.4 Å². The number of hydrogen-bond donors (Lipinski definition) is 1. The number of likely N-dealkylation sites (tertiary alicyclic amines) is 1. The summed E-state index contributed by atoms with van der Waals surface area (Å²) in [6.07, 6.45) is 6.98. The molecule has 4 rings (SSSR count). The molecule has 0 spiro atoms. The zero-order valence-electron chi connectivity index (χ0n) is 20.7. The van der Waals surface area contributed by atoms with Crippen molar-refractivity contribution < 1.29 is 9.47 Å². The summed E-state index contributed by atoms with van der Waals surface area (Å²) in [5, 5.41) is 4.86. The summed E-state index contributed by atoms with van der Waals surface area (Å²) in [5.41, 5.74) is 4.06. The molecule has 1 aliphatic carbocycles. The molecule has 5 heteroatoms. The molecule has 2 aliphatic rings. The van der Waals surface area contributed by atoms with Gasteiger partial charge in [0, 0.05) is 24.5 Å². The van der Waals surface area contributed by atoms with E-state index in [0.29, 0.717) is 12.5 Å². The highest BCUT2D eigenvalue weighted by Gasteiger charge is 2.33. The Balaban J connectivity index is 1.58. The molecule has 0 bridgehead atoms. The average molecular weight is 440 g/mol. The van der Waals surface area contributed by atoms with E-state index in [-0.39, 0.29) is 5.41 Å². The van der Waals surface area contributed by atoms with Crippen LogP contribution >= 0.6 is 0 Å². The predicted molar refractivity (Wildman–Crippen MR) is 133 cm³/mol. The molecule has 0 unspecified atom stereocenters. The second-order valence-electron chi connectivity index (χ2n) is 10.8. The van der Waals surface area contributed by atoms with Crippen LogP contribution in [0.5, 0.6) is 11.5 Å². The van der Waals surface area contributed by atoms with Gasteiger partial charge in [0.1, 0.15) is 5.82 Å². The number of fused-ring (bicyclic) bond motifs is 3. The van der Waals surface area contributed by atoms with E-state index in [1.54, 1.807) is 7.11 Å². The van der Waals surface area contributed by atoms with E-state index in [9.17, 15) is 0 Å². The minimum absolute atomic E-state index is 0.255. The minimum Gasteiger partial charge on any atom is -0.493 e.